The Labute approximate surface area is 91.5 Å². The third kappa shape index (κ3) is 2.92. The average molecular weight is 202 g/mol. The maximum absolute atomic E-state index is 10.8. The quantitative estimate of drug-likeness (QED) is 0.510. The molecular formula is C14H18O. The van der Waals surface area contributed by atoms with Crippen molar-refractivity contribution in [2.75, 3.05) is 0 Å². The molecule has 0 radical (unpaired) electrons. The lowest BCUT2D eigenvalue weighted by molar-refractivity contribution is -0.112. The van der Waals surface area contributed by atoms with Crippen molar-refractivity contribution in [3.63, 3.8) is 0 Å². The largest absolute Gasteiger partial charge is 0.303 e. The first kappa shape index (κ1) is 10.4. The van der Waals surface area contributed by atoms with Gasteiger partial charge in [0.15, 0.2) is 0 Å². The molecule has 0 saturated heterocycles. The molecule has 0 unspecified atom stereocenters. The normalized spacial score (nSPS) is 17.3. The number of rotatable bonds is 6. The SMILES string of the molecule is O=CC1(CCCCc2ccccc2)CC1. The van der Waals surface area contributed by atoms with Crippen LogP contribution in [0.15, 0.2) is 30.3 Å². The van der Waals surface area contributed by atoms with Crippen molar-refractivity contribution in [1.82, 2.24) is 0 Å². The third-order valence-electron chi connectivity index (χ3n) is 3.38. The van der Waals surface area contributed by atoms with Crippen molar-refractivity contribution in [2.45, 2.75) is 38.5 Å². The Morgan fingerprint density at radius 2 is 1.87 bits per heavy atom. The van der Waals surface area contributed by atoms with Crippen molar-refractivity contribution in [3.8, 4) is 0 Å². The molecule has 0 aliphatic heterocycles. The molecule has 0 bridgehead atoms. The molecule has 1 heteroatoms. The summed E-state index contributed by atoms with van der Waals surface area (Å²) in [6, 6.07) is 10.6. The van der Waals surface area contributed by atoms with E-state index in [4.69, 9.17) is 0 Å². The van der Waals surface area contributed by atoms with Crippen molar-refractivity contribution in [3.05, 3.63) is 35.9 Å². The molecule has 1 aromatic rings. The summed E-state index contributed by atoms with van der Waals surface area (Å²) in [5, 5.41) is 0. The number of carbonyl (C=O) groups excluding carboxylic acids is 1. The highest BCUT2D eigenvalue weighted by atomic mass is 16.1. The van der Waals surface area contributed by atoms with Crippen LogP contribution in [0, 0.1) is 5.41 Å². The van der Waals surface area contributed by atoms with Crippen LogP contribution in [0.2, 0.25) is 0 Å². The van der Waals surface area contributed by atoms with Gasteiger partial charge in [0.2, 0.25) is 0 Å². The molecule has 15 heavy (non-hydrogen) atoms. The van der Waals surface area contributed by atoms with Crippen molar-refractivity contribution < 1.29 is 4.79 Å². The summed E-state index contributed by atoms with van der Waals surface area (Å²) in [6.07, 6.45) is 8.07. The summed E-state index contributed by atoms with van der Waals surface area (Å²) in [7, 11) is 0. The lowest BCUT2D eigenvalue weighted by Crippen LogP contribution is -2.01. The van der Waals surface area contributed by atoms with Crippen LogP contribution in [0.5, 0.6) is 0 Å². The van der Waals surface area contributed by atoms with Crippen LogP contribution in [0.25, 0.3) is 0 Å². The molecule has 0 spiro atoms. The topological polar surface area (TPSA) is 17.1 Å². The van der Waals surface area contributed by atoms with E-state index in [1.807, 2.05) is 0 Å². The number of unbranched alkanes of at least 4 members (excludes halogenated alkanes) is 1. The van der Waals surface area contributed by atoms with E-state index in [-0.39, 0.29) is 5.41 Å². The second-order valence-corrected chi connectivity index (χ2v) is 4.67. The van der Waals surface area contributed by atoms with Crippen molar-refractivity contribution in [2.24, 2.45) is 5.41 Å². The summed E-state index contributed by atoms with van der Waals surface area (Å²) >= 11 is 0. The number of hydrogen-bond donors (Lipinski definition) is 0. The van der Waals surface area contributed by atoms with Crippen LogP contribution in [0.3, 0.4) is 0 Å². The van der Waals surface area contributed by atoms with E-state index in [2.05, 4.69) is 30.3 Å². The van der Waals surface area contributed by atoms with Crippen LogP contribution in [-0.2, 0) is 11.2 Å². The minimum absolute atomic E-state index is 0.108. The van der Waals surface area contributed by atoms with Gasteiger partial charge in [0.05, 0.1) is 0 Å². The van der Waals surface area contributed by atoms with E-state index in [0.29, 0.717) is 0 Å². The van der Waals surface area contributed by atoms with E-state index >= 15 is 0 Å². The van der Waals surface area contributed by atoms with Crippen LogP contribution in [-0.4, -0.2) is 6.29 Å². The molecule has 1 aliphatic carbocycles. The van der Waals surface area contributed by atoms with Gasteiger partial charge in [-0.1, -0.05) is 36.8 Å². The van der Waals surface area contributed by atoms with Crippen molar-refractivity contribution in [1.29, 1.82) is 0 Å². The fraction of sp³-hybridized carbons (Fsp3) is 0.500. The second kappa shape index (κ2) is 4.61. The highest BCUT2D eigenvalue weighted by Gasteiger charge is 2.41. The van der Waals surface area contributed by atoms with Gasteiger partial charge in [0.1, 0.15) is 6.29 Å². The van der Waals surface area contributed by atoms with E-state index in [9.17, 15) is 4.79 Å². The summed E-state index contributed by atoms with van der Waals surface area (Å²) in [4.78, 5) is 10.8. The fourth-order valence-corrected chi connectivity index (χ4v) is 2.04. The smallest absolute Gasteiger partial charge is 0.126 e. The van der Waals surface area contributed by atoms with Gasteiger partial charge in [-0.25, -0.2) is 0 Å². The van der Waals surface area contributed by atoms with E-state index < -0.39 is 0 Å². The lowest BCUT2D eigenvalue weighted by atomic mass is 9.99. The zero-order valence-electron chi connectivity index (χ0n) is 9.11. The zero-order chi connectivity index (χ0) is 10.6. The molecule has 1 aliphatic rings. The first-order valence-electron chi connectivity index (χ1n) is 5.85. The molecule has 1 fully saturated rings. The maximum Gasteiger partial charge on any atom is 0.126 e. The lowest BCUT2D eigenvalue weighted by Gasteiger charge is -2.06. The Kier molecular flexibility index (Phi) is 3.20. The summed E-state index contributed by atoms with van der Waals surface area (Å²) in [5.74, 6) is 0. The van der Waals surface area contributed by atoms with Gasteiger partial charge < -0.3 is 4.79 Å². The molecule has 80 valence electrons. The van der Waals surface area contributed by atoms with Crippen LogP contribution >= 0.6 is 0 Å². The second-order valence-electron chi connectivity index (χ2n) is 4.67. The Hall–Kier alpha value is -1.11. The predicted octanol–water partition coefficient (Wildman–Crippen LogP) is 3.38. The molecule has 1 saturated carbocycles. The Balaban J connectivity index is 1.65. The molecular weight excluding hydrogens is 184 g/mol. The van der Waals surface area contributed by atoms with Crippen LogP contribution < -0.4 is 0 Å². The van der Waals surface area contributed by atoms with Gasteiger partial charge in [0, 0.05) is 5.41 Å². The third-order valence-corrected chi connectivity index (χ3v) is 3.38. The summed E-state index contributed by atoms with van der Waals surface area (Å²) in [5.41, 5.74) is 1.52. The molecule has 2 rings (SSSR count). The standard InChI is InChI=1S/C14H18O/c15-12-14(10-11-14)9-5-4-8-13-6-2-1-3-7-13/h1-3,6-7,12H,4-5,8-11H2. The maximum atomic E-state index is 10.8. The van der Waals surface area contributed by atoms with Crippen molar-refractivity contribution >= 4 is 6.29 Å². The monoisotopic (exact) mass is 202 g/mol. The molecule has 1 nitrogen and oxygen atoms in total. The average Bonchev–Trinajstić information content (AvgIpc) is 3.07. The van der Waals surface area contributed by atoms with Gasteiger partial charge in [0.25, 0.3) is 0 Å². The van der Waals surface area contributed by atoms with Crippen LogP contribution in [0.4, 0.5) is 0 Å². The molecule has 0 aromatic heterocycles. The van der Waals surface area contributed by atoms with E-state index in [1.165, 1.54) is 24.7 Å². The van der Waals surface area contributed by atoms with Gasteiger partial charge in [-0.3, -0.25) is 0 Å². The van der Waals surface area contributed by atoms with Gasteiger partial charge in [-0.05, 0) is 37.7 Å². The molecule has 0 heterocycles. The Morgan fingerprint density at radius 1 is 1.13 bits per heavy atom. The van der Waals surface area contributed by atoms with E-state index in [0.717, 1.165) is 25.7 Å². The zero-order valence-corrected chi connectivity index (χ0v) is 9.11. The van der Waals surface area contributed by atoms with Gasteiger partial charge >= 0.3 is 0 Å². The number of aldehydes is 1. The number of benzene rings is 1. The number of aryl methyl sites for hydroxylation is 1. The highest BCUT2D eigenvalue weighted by molar-refractivity contribution is 5.63. The first-order valence-corrected chi connectivity index (χ1v) is 5.85. The highest BCUT2D eigenvalue weighted by Crippen LogP contribution is 2.47. The summed E-state index contributed by atoms with van der Waals surface area (Å²) in [6.45, 7) is 0. The molecule has 0 N–H and O–H groups in total. The minimum Gasteiger partial charge on any atom is -0.303 e. The number of carbonyl (C=O) groups is 1. The minimum atomic E-state index is 0.108. The van der Waals surface area contributed by atoms with Gasteiger partial charge in [-0.2, -0.15) is 0 Å². The molecule has 0 atom stereocenters. The molecule has 0 amide bonds. The fourth-order valence-electron chi connectivity index (χ4n) is 2.04. The van der Waals surface area contributed by atoms with E-state index in [1.54, 1.807) is 0 Å². The first-order chi connectivity index (χ1) is 7.35. The summed E-state index contributed by atoms with van der Waals surface area (Å²) < 4.78 is 0. The molecule has 1 aromatic carbocycles. The Morgan fingerprint density at radius 3 is 2.47 bits per heavy atom. The predicted molar refractivity (Wildman–Crippen MR) is 61.7 cm³/mol. The Bertz CT molecular complexity index is 311. The number of hydrogen-bond acceptors (Lipinski definition) is 1. The van der Waals surface area contributed by atoms with Crippen LogP contribution in [0.1, 0.15) is 37.7 Å². The van der Waals surface area contributed by atoms with Gasteiger partial charge in [-0.15, -0.1) is 0 Å².